The van der Waals surface area contributed by atoms with Gasteiger partial charge in [0, 0.05) is 30.9 Å². The van der Waals surface area contributed by atoms with Crippen molar-refractivity contribution in [3.63, 3.8) is 0 Å². The highest BCUT2D eigenvalue weighted by Crippen LogP contribution is 2.35. The number of aromatic nitrogens is 1. The molecule has 1 aromatic carbocycles. The Kier molecular flexibility index (Phi) is 3.35. The zero-order valence-corrected chi connectivity index (χ0v) is 13.2. The van der Waals surface area contributed by atoms with E-state index in [4.69, 9.17) is 10.5 Å². The lowest BCUT2D eigenvalue weighted by Gasteiger charge is -2.21. The largest absolute Gasteiger partial charge is 0.376 e. The second kappa shape index (κ2) is 5.42. The van der Waals surface area contributed by atoms with Gasteiger partial charge in [0.2, 0.25) is 5.91 Å². The number of hydrogen-bond donors (Lipinski definition) is 1. The molecule has 3 heterocycles. The van der Waals surface area contributed by atoms with Gasteiger partial charge in [-0.2, -0.15) is 0 Å². The number of benzene rings is 1. The molecule has 1 aromatic heterocycles. The Labute approximate surface area is 139 Å². The van der Waals surface area contributed by atoms with Crippen LogP contribution in [0.2, 0.25) is 0 Å². The third-order valence-corrected chi connectivity index (χ3v) is 4.58. The molecule has 0 saturated heterocycles. The van der Waals surface area contributed by atoms with Crippen molar-refractivity contribution in [2.24, 2.45) is 5.73 Å². The van der Waals surface area contributed by atoms with Gasteiger partial charge < -0.3 is 15.4 Å². The fourth-order valence-corrected chi connectivity index (χ4v) is 3.33. The number of rotatable bonds is 2. The molecule has 0 fully saturated rings. The zero-order valence-electron chi connectivity index (χ0n) is 13.2. The number of carbonyl (C=O) groups is 2. The summed E-state index contributed by atoms with van der Waals surface area (Å²) >= 11 is 0. The highest BCUT2D eigenvalue weighted by atomic mass is 16.5. The van der Waals surface area contributed by atoms with Crippen LogP contribution in [0, 0.1) is 6.42 Å². The Morgan fingerprint density at radius 1 is 1.38 bits per heavy atom. The molecular formula is C18H16N3O3. The van der Waals surface area contributed by atoms with Crippen molar-refractivity contribution < 1.29 is 14.3 Å². The minimum Gasteiger partial charge on any atom is -0.376 e. The molecule has 0 aliphatic carbocycles. The molecule has 1 radical (unpaired) electrons. The Morgan fingerprint density at radius 3 is 3.00 bits per heavy atom. The predicted octanol–water partition coefficient (Wildman–Crippen LogP) is 1.45. The van der Waals surface area contributed by atoms with E-state index in [1.807, 2.05) is 24.6 Å². The van der Waals surface area contributed by atoms with Crippen LogP contribution in [0.15, 0.2) is 24.4 Å². The van der Waals surface area contributed by atoms with E-state index in [1.165, 1.54) is 0 Å². The van der Waals surface area contributed by atoms with Crippen molar-refractivity contribution in [3.05, 3.63) is 53.2 Å². The molecular weight excluding hydrogens is 306 g/mol. The third-order valence-electron chi connectivity index (χ3n) is 4.58. The van der Waals surface area contributed by atoms with E-state index in [1.54, 1.807) is 18.1 Å². The van der Waals surface area contributed by atoms with E-state index in [0.717, 1.165) is 33.5 Å². The van der Waals surface area contributed by atoms with E-state index in [0.29, 0.717) is 19.6 Å². The number of fused-ring (bicyclic) bond motifs is 2. The van der Waals surface area contributed by atoms with Gasteiger partial charge in [0.15, 0.2) is 0 Å². The lowest BCUT2D eigenvalue weighted by molar-refractivity contribution is -0.117. The van der Waals surface area contributed by atoms with Crippen molar-refractivity contribution >= 4 is 17.5 Å². The maximum atomic E-state index is 11.9. The molecule has 2 aromatic rings. The first-order chi connectivity index (χ1) is 11.6. The number of pyridine rings is 1. The van der Waals surface area contributed by atoms with Gasteiger partial charge in [-0.15, -0.1) is 0 Å². The van der Waals surface area contributed by atoms with Crippen LogP contribution in [0.5, 0.6) is 0 Å². The molecule has 0 unspecified atom stereocenters. The monoisotopic (exact) mass is 322 g/mol. The third kappa shape index (κ3) is 2.18. The van der Waals surface area contributed by atoms with Crippen molar-refractivity contribution in [1.82, 2.24) is 4.98 Å². The van der Waals surface area contributed by atoms with E-state index in [2.05, 4.69) is 4.98 Å². The SMILES string of the molecule is CN1C(=O)Cc2cc(-c3cnc(C(N)=O)c4c3COC[CH]4)ccc21. The Hall–Kier alpha value is -2.73. The second-order valence-electron chi connectivity index (χ2n) is 5.97. The number of likely N-dealkylation sites (N-methyl/N-ethyl adjacent to an activating group) is 1. The van der Waals surface area contributed by atoms with E-state index in [9.17, 15) is 9.59 Å². The van der Waals surface area contributed by atoms with Gasteiger partial charge in [0.25, 0.3) is 5.91 Å². The van der Waals surface area contributed by atoms with Crippen molar-refractivity contribution in [2.75, 3.05) is 18.6 Å². The maximum absolute atomic E-state index is 11.9. The quantitative estimate of drug-likeness (QED) is 0.907. The van der Waals surface area contributed by atoms with E-state index < -0.39 is 5.91 Å². The van der Waals surface area contributed by atoms with Gasteiger partial charge in [-0.1, -0.05) is 6.07 Å². The highest BCUT2D eigenvalue weighted by molar-refractivity contribution is 6.01. The number of carbonyl (C=O) groups excluding carboxylic acids is 2. The first-order valence-corrected chi connectivity index (χ1v) is 7.68. The van der Waals surface area contributed by atoms with Crippen LogP contribution in [-0.2, 0) is 22.6 Å². The van der Waals surface area contributed by atoms with Crippen molar-refractivity contribution in [1.29, 1.82) is 0 Å². The summed E-state index contributed by atoms with van der Waals surface area (Å²) < 4.78 is 5.52. The van der Waals surface area contributed by atoms with Gasteiger partial charge in [-0.3, -0.25) is 14.6 Å². The summed E-state index contributed by atoms with van der Waals surface area (Å²) in [6.07, 6.45) is 3.89. The number of hydrogen-bond acceptors (Lipinski definition) is 4. The summed E-state index contributed by atoms with van der Waals surface area (Å²) in [5.41, 5.74) is 11.1. The molecule has 6 heteroatoms. The zero-order chi connectivity index (χ0) is 16.8. The van der Waals surface area contributed by atoms with Crippen LogP contribution in [0.1, 0.15) is 27.2 Å². The summed E-state index contributed by atoms with van der Waals surface area (Å²) in [4.78, 5) is 29.4. The minimum absolute atomic E-state index is 0.0862. The molecule has 2 N–H and O–H groups in total. The molecule has 2 amide bonds. The van der Waals surface area contributed by atoms with Gasteiger partial charge in [0.1, 0.15) is 5.69 Å². The number of anilines is 1. The number of nitrogens with zero attached hydrogens (tertiary/aromatic N) is 2. The molecule has 6 nitrogen and oxygen atoms in total. The van der Waals surface area contributed by atoms with Crippen LogP contribution >= 0.6 is 0 Å². The van der Waals surface area contributed by atoms with Crippen LogP contribution in [0.3, 0.4) is 0 Å². The lowest BCUT2D eigenvalue weighted by Crippen LogP contribution is -2.21. The van der Waals surface area contributed by atoms with Crippen molar-refractivity contribution in [3.8, 4) is 11.1 Å². The standard InChI is InChI=1S/C18H16N3O3/c1-21-15-3-2-10(6-11(15)7-16(21)22)13-8-20-17(18(19)23)12-4-5-24-9-14(12)13/h2-4,6,8H,5,7,9H2,1H3,(H2,19,23). The lowest BCUT2D eigenvalue weighted by atomic mass is 9.92. The van der Waals surface area contributed by atoms with Gasteiger partial charge in [-0.25, -0.2) is 0 Å². The molecule has 0 spiro atoms. The number of nitrogens with two attached hydrogens (primary N) is 1. The summed E-state index contributed by atoms with van der Waals surface area (Å²) in [5, 5.41) is 0. The Bertz CT molecular complexity index is 876. The molecule has 0 saturated carbocycles. The minimum atomic E-state index is -0.544. The molecule has 24 heavy (non-hydrogen) atoms. The fraction of sp³-hybridized carbons (Fsp3) is 0.222. The maximum Gasteiger partial charge on any atom is 0.267 e. The first kappa shape index (κ1) is 14.8. The summed E-state index contributed by atoms with van der Waals surface area (Å²) in [7, 11) is 1.78. The number of ether oxygens (including phenoxy) is 1. The molecule has 2 aliphatic heterocycles. The van der Waals surface area contributed by atoms with Gasteiger partial charge in [0.05, 0.1) is 19.6 Å². The van der Waals surface area contributed by atoms with Crippen LogP contribution in [-0.4, -0.2) is 30.5 Å². The Morgan fingerprint density at radius 2 is 2.21 bits per heavy atom. The Balaban J connectivity index is 1.85. The predicted molar refractivity (Wildman–Crippen MR) is 88.4 cm³/mol. The number of primary amides is 1. The van der Waals surface area contributed by atoms with Crippen LogP contribution < -0.4 is 10.6 Å². The van der Waals surface area contributed by atoms with Gasteiger partial charge >= 0.3 is 0 Å². The molecule has 2 aliphatic rings. The normalized spacial score (nSPS) is 16.0. The molecule has 121 valence electrons. The molecule has 0 atom stereocenters. The van der Waals surface area contributed by atoms with Gasteiger partial charge in [-0.05, 0) is 34.4 Å². The van der Waals surface area contributed by atoms with E-state index in [-0.39, 0.29) is 11.6 Å². The molecule has 4 rings (SSSR count). The fourth-order valence-electron chi connectivity index (χ4n) is 3.33. The van der Waals surface area contributed by atoms with Crippen molar-refractivity contribution in [2.45, 2.75) is 13.0 Å². The first-order valence-electron chi connectivity index (χ1n) is 7.68. The average molecular weight is 322 g/mol. The highest BCUT2D eigenvalue weighted by Gasteiger charge is 2.26. The number of amides is 2. The topological polar surface area (TPSA) is 85.5 Å². The summed E-state index contributed by atoms with van der Waals surface area (Å²) in [6.45, 7) is 0.835. The van der Waals surface area contributed by atoms with E-state index >= 15 is 0 Å². The summed E-state index contributed by atoms with van der Waals surface area (Å²) in [6, 6.07) is 5.91. The van der Waals surface area contributed by atoms with Crippen LogP contribution in [0.4, 0.5) is 5.69 Å². The summed E-state index contributed by atoms with van der Waals surface area (Å²) in [5.74, 6) is -0.458. The smallest absolute Gasteiger partial charge is 0.267 e. The average Bonchev–Trinajstić information content (AvgIpc) is 2.87. The second-order valence-corrected chi connectivity index (χ2v) is 5.97. The molecule has 0 bridgehead atoms. The van der Waals surface area contributed by atoms with Crippen LogP contribution in [0.25, 0.3) is 11.1 Å².